The molecule has 125 heavy (non-hydrogen) atoms. The van der Waals surface area contributed by atoms with Gasteiger partial charge in [0.1, 0.15) is 56.1 Å². The SMILES string of the molecule is COC(=O)C1CCCC1S(=O)(=O)c1cc(Cl)c(OCC23CC4CC(CC(C4)C2)C3)cc1F.O=C(O)[C@@H]1CCC[C@H]1S(=O)(=O)c1cc(Cl)c(OCC23CC4CC(CC(C4)C2)C3)cc1F.O=C(O)[C@@H]1CCC[C@H]1[S@@](=O)c1cc(Cl)c(OCC23CC4CC(CC(C4)C2)C3)cc1F.O=C(O)[C@@H]1CCC[C@H]1[S@](=O)c1cc(Cl)c(OCC23CC4CC(CC(C4)C2)C3)cc1F.[Li+].[OH-]. The minimum absolute atomic E-state index is 0. The van der Waals surface area contributed by atoms with Crippen LogP contribution in [0.2, 0.25) is 20.1 Å². The van der Waals surface area contributed by atoms with E-state index in [0.717, 1.165) is 134 Å². The number of hydrogen-bond acceptors (Lipinski definition) is 16. The molecule has 0 spiro atoms. The van der Waals surface area contributed by atoms with Gasteiger partial charge in [-0.2, -0.15) is 0 Å². The molecule has 2 unspecified atom stereocenters. The van der Waals surface area contributed by atoms with Crippen LogP contribution in [0.4, 0.5) is 17.6 Å². The summed E-state index contributed by atoms with van der Waals surface area (Å²) in [6.45, 7) is 2.09. The molecule has 4 aromatic rings. The van der Waals surface area contributed by atoms with Crippen molar-refractivity contribution in [3.63, 3.8) is 0 Å². The van der Waals surface area contributed by atoms with Gasteiger partial charge in [-0.25, -0.2) is 34.4 Å². The quantitative estimate of drug-likeness (QED) is 0.0333. The fourth-order valence-corrected chi connectivity index (χ4v) is 37.7. The summed E-state index contributed by atoms with van der Waals surface area (Å²) in [5.41, 5.74) is 0.637. The van der Waals surface area contributed by atoms with E-state index in [9.17, 15) is 72.9 Å². The number of benzene rings is 4. The number of halogens is 8. The molecular formula is C93H115Cl4F4LiO19S4. The number of aliphatic carboxylic acids is 3. The van der Waals surface area contributed by atoms with Crippen LogP contribution >= 0.6 is 46.4 Å². The number of carbonyl (C=O) groups excluding carboxylic acids is 1. The summed E-state index contributed by atoms with van der Waals surface area (Å²) in [5, 5.41) is 25.4. The summed E-state index contributed by atoms with van der Waals surface area (Å²) in [6.07, 6.45) is 35.8. The Bertz CT molecular complexity index is 4760. The predicted molar refractivity (Wildman–Crippen MR) is 459 cm³/mol. The van der Waals surface area contributed by atoms with Crippen LogP contribution < -0.4 is 37.8 Å². The van der Waals surface area contributed by atoms with Gasteiger partial charge in [0, 0.05) is 45.9 Å². The van der Waals surface area contributed by atoms with E-state index < -0.39 is 143 Å². The Morgan fingerprint density at radius 2 is 0.600 bits per heavy atom. The third-order valence-electron chi connectivity index (χ3n) is 32.4. The Balaban J connectivity index is 0.000000128. The molecule has 19 nitrogen and oxygen atoms in total. The molecule has 20 aliphatic rings. The molecule has 16 bridgehead atoms. The first-order chi connectivity index (χ1) is 58.5. The first-order valence-electron chi connectivity index (χ1n) is 45.1. The van der Waals surface area contributed by atoms with Crippen molar-refractivity contribution in [2.24, 2.45) is 116 Å². The molecule has 0 aromatic heterocycles. The summed E-state index contributed by atoms with van der Waals surface area (Å²) in [6, 6.07) is 9.62. The molecule has 4 aromatic carbocycles. The fourth-order valence-electron chi connectivity index (χ4n) is 28.9. The molecular weight excluding hydrogens is 1770 g/mol. The number of carboxylic acids is 3. The standard InChI is InChI=1S/C24H30ClFO5S.C23H28ClFO5S.2C23H28ClFO4S.Li.H2O/c1-30-23(27)17-3-2-4-21(17)32(28,29)22-8-18(25)20(9-19(22)26)31-13-24-10-14-5-15(11-24)7-16(6-14)12-24;24-17-7-21(31(28,29)20-3-1-2-16(20)22(26)27)18(25)8-19(17)30-12-23-9-13-4-14(10-23)6-15(5-13)11-23;2*24-17-7-21(30(28)20-3-1-2-16(20)22(26)27)18(25)8-19(17)29-12-23-9-13-4-14(10-23)6-15(5-13)11-23;;/h8-9,14-17,21H,2-7,10-13H2,1H3;7-8,13-16,20H,1-6,9-12H2,(H,26,27);2*7-8,13-16,20H,1-6,9-12H2,(H,26,27);;1H2/q;;;;+1;/p-1/t;13?,14?,15?,16-,20-,23?;13?,14?,15?,16-,20-,23?,30+;13?,14?,15?,16-,20-,23?,30-;;/m.111../s1. The first kappa shape index (κ1) is 95.2. The second-order valence-electron chi connectivity index (χ2n) is 41.2. The van der Waals surface area contributed by atoms with E-state index in [1.807, 2.05) is 0 Å². The molecule has 10 atom stereocenters. The van der Waals surface area contributed by atoms with Gasteiger partial charge in [0.05, 0.1) is 130 Å². The molecule has 24 rings (SSSR count). The van der Waals surface area contributed by atoms with E-state index in [4.69, 9.17) is 70.1 Å². The second kappa shape index (κ2) is 37.9. The summed E-state index contributed by atoms with van der Waals surface area (Å²) < 4.78 is 167. The maximum absolute atomic E-state index is 15.0. The van der Waals surface area contributed by atoms with E-state index in [1.54, 1.807) is 0 Å². The van der Waals surface area contributed by atoms with Gasteiger partial charge < -0.3 is 44.5 Å². The van der Waals surface area contributed by atoms with E-state index in [2.05, 4.69) is 0 Å². The zero-order valence-corrected chi connectivity index (χ0v) is 77.3. The van der Waals surface area contributed by atoms with E-state index >= 15 is 4.39 Å². The van der Waals surface area contributed by atoms with E-state index in [0.29, 0.717) is 102 Å². The molecule has 0 saturated heterocycles. The average molecular weight is 1890 g/mol. The molecule has 682 valence electrons. The maximum atomic E-state index is 15.0. The molecule has 20 saturated carbocycles. The van der Waals surface area contributed by atoms with Crippen molar-refractivity contribution in [3.05, 3.63) is 91.9 Å². The zero-order valence-electron chi connectivity index (χ0n) is 71.0. The van der Waals surface area contributed by atoms with Crippen LogP contribution in [0, 0.1) is 140 Å². The number of carbonyl (C=O) groups is 4. The molecule has 0 amide bonds. The Labute approximate surface area is 767 Å². The van der Waals surface area contributed by atoms with Gasteiger partial charge in [0.15, 0.2) is 19.7 Å². The Hall–Kier alpha value is -4.40. The zero-order chi connectivity index (χ0) is 86.7. The average Bonchev–Trinajstić information content (AvgIpc) is 1.09. The molecule has 0 aliphatic heterocycles. The van der Waals surface area contributed by atoms with Gasteiger partial charge in [0.25, 0.3) is 0 Å². The third kappa shape index (κ3) is 19.7. The number of ether oxygens (including phenoxy) is 5. The fraction of sp³-hybridized carbons (Fsp3) is 0.699. The molecule has 20 fully saturated rings. The smallest absolute Gasteiger partial charge is 0.870 e. The Morgan fingerprint density at radius 3 is 0.864 bits per heavy atom. The van der Waals surface area contributed by atoms with Gasteiger partial charge >= 0.3 is 42.7 Å². The Morgan fingerprint density at radius 1 is 0.368 bits per heavy atom. The van der Waals surface area contributed by atoms with Crippen LogP contribution in [0.5, 0.6) is 23.0 Å². The van der Waals surface area contributed by atoms with Crippen molar-refractivity contribution in [3.8, 4) is 23.0 Å². The van der Waals surface area contributed by atoms with Gasteiger partial charge in [0.2, 0.25) is 0 Å². The molecule has 32 heteroatoms. The number of carboxylic acid groups (broad SMARTS) is 3. The first-order valence-corrected chi connectivity index (χ1v) is 52.1. The summed E-state index contributed by atoms with van der Waals surface area (Å²) in [5.74, 6) is 0.511. The van der Waals surface area contributed by atoms with Crippen LogP contribution in [0.1, 0.15) is 231 Å². The van der Waals surface area contributed by atoms with Crippen LogP contribution in [0.15, 0.2) is 68.1 Å². The summed E-state index contributed by atoms with van der Waals surface area (Å²) in [4.78, 5) is 45.3. The summed E-state index contributed by atoms with van der Waals surface area (Å²) in [7, 11) is -10.5. The van der Waals surface area contributed by atoms with Crippen molar-refractivity contribution in [1.29, 1.82) is 0 Å². The topological polar surface area (TPSA) is 308 Å². The second-order valence-corrected chi connectivity index (χ2v) is 50.4. The molecule has 4 N–H and O–H groups in total. The number of sulfone groups is 2. The van der Waals surface area contributed by atoms with Crippen LogP contribution in [-0.4, -0.2) is 124 Å². The largest absolute Gasteiger partial charge is 1.00 e. The van der Waals surface area contributed by atoms with E-state index in [-0.39, 0.29) is 100 Å². The molecule has 0 radical (unpaired) electrons. The molecule has 20 aliphatic carbocycles. The van der Waals surface area contributed by atoms with Crippen molar-refractivity contribution >= 4 is 112 Å². The Kier molecular flexibility index (Phi) is 28.9. The van der Waals surface area contributed by atoms with Gasteiger partial charge in [-0.05, 0) is 301 Å². The van der Waals surface area contributed by atoms with Gasteiger partial charge in [-0.1, -0.05) is 72.1 Å². The normalized spacial score (nSPS) is 36.5. The minimum atomic E-state index is -4.15. The summed E-state index contributed by atoms with van der Waals surface area (Å²) >= 11 is 25.5. The molecule has 0 heterocycles. The number of methoxy groups -OCH3 is 1. The van der Waals surface area contributed by atoms with E-state index in [1.165, 1.54) is 147 Å². The van der Waals surface area contributed by atoms with Crippen LogP contribution in [-0.2, 0) is 65.2 Å². The van der Waals surface area contributed by atoms with Gasteiger partial charge in [-0.3, -0.25) is 27.6 Å². The number of rotatable bonds is 24. The van der Waals surface area contributed by atoms with Crippen molar-refractivity contribution in [2.45, 2.75) is 272 Å². The number of esters is 1. The third-order valence-corrected chi connectivity index (χ3v) is 41.9. The van der Waals surface area contributed by atoms with Crippen LogP contribution in [0.25, 0.3) is 0 Å². The maximum Gasteiger partial charge on any atom is 1.00 e. The van der Waals surface area contributed by atoms with Gasteiger partial charge in [-0.15, -0.1) is 0 Å². The van der Waals surface area contributed by atoms with Crippen LogP contribution in [0.3, 0.4) is 0 Å². The van der Waals surface area contributed by atoms with Crippen molar-refractivity contribution in [1.82, 2.24) is 0 Å². The predicted octanol–water partition coefficient (Wildman–Crippen LogP) is 18.0. The van der Waals surface area contributed by atoms with Crippen molar-refractivity contribution in [2.75, 3.05) is 33.5 Å². The monoisotopic (exact) mass is 1890 g/mol. The van der Waals surface area contributed by atoms with Crippen molar-refractivity contribution < 1.29 is 125 Å². The minimum Gasteiger partial charge on any atom is -0.870 e. The number of hydrogen-bond donors (Lipinski definition) is 3.